The van der Waals surface area contributed by atoms with E-state index >= 15 is 0 Å². The molecule has 0 saturated heterocycles. The quantitative estimate of drug-likeness (QED) is 0.716. The summed E-state index contributed by atoms with van der Waals surface area (Å²) in [6, 6.07) is 0. The topological polar surface area (TPSA) is 33.2 Å². The first kappa shape index (κ1) is 13.2. The molecule has 3 nitrogen and oxygen atoms in total. The monoisotopic (exact) mass is 240 g/mol. The molecule has 0 unspecified atom stereocenters. The molecule has 0 aliphatic heterocycles. The maximum Gasteiger partial charge on any atom is 0.185 e. The van der Waals surface area contributed by atoms with Gasteiger partial charge in [0.05, 0.1) is 11.1 Å². The Labute approximate surface area is 101 Å². The molecule has 90 valence electrons. The summed E-state index contributed by atoms with van der Waals surface area (Å²) in [5.41, 5.74) is 0. The zero-order chi connectivity index (χ0) is 12.1. The van der Waals surface area contributed by atoms with Gasteiger partial charge in [0.25, 0.3) is 0 Å². The molecule has 16 heavy (non-hydrogen) atoms. The maximum atomic E-state index is 10.6. The number of thiazole rings is 1. The smallest absolute Gasteiger partial charge is 0.185 e. The van der Waals surface area contributed by atoms with Gasteiger partial charge in [-0.1, -0.05) is 39.0 Å². The van der Waals surface area contributed by atoms with E-state index < -0.39 is 0 Å². The SMILES string of the molecule is CC(C)CN(CC(C)C)c1ncc(C=O)s1. The van der Waals surface area contributed by atoms with E-state index in [2.05, 4.69) is 37.6 Å². The number of nitrogens with zero attached hydrogens (tertiary/aromatic N) is 2. The highest BCUT2D eigenvalue weighted by Gasteiger charge is 2.13. The van der Waals surface area contributed by atoms with Gasteiger partial charge in [-0.15, -0.1) is 0 Å². The van der Waals surface area contributed by atoms with Gasteiger partial charge in [0, 0.05) is 13.1 Å². The van der Waals surface area contributed by atoms with Gasteiger partial charge >= 0.3 is 0 Å². The summed E-state index contributed by atoms with van der Waals surface area (Å²) in [4.78, 5) is 17.9. The van der Waals surface area contributed by atoms with Crippen LogP contribution < -0.4 is 4.90 Å². The van der Waals surface area contributed by atoms with Crippen LogP contribution in [0.5, 0.6) is 0 Å². The summed E-state index contributed by atoms with van der Waals surface area (Å²) in [6.45, 7) is 10.8. The largest absolute Gasteiger partial charge is 0.348 e. The highest BCUT2D eigenvalue weighted by Crippen LogP contribution is 2.23. The van der Waals surface area contributed by atoms with Crippen LogP contribution in [0.1, 0.15) is 37.4 Å². The molecular weight excluding hydrogens is 220 g/mol. The van der Waals surface area contributed by atoms with Crippen molar-refractivity contribution in [3.8, 4) is 0 Å². The molecule has 1 heterocycles. The zero-order valence-electron chi connectivity index (χ0n) is 10.4. The van der Waals surface area contributed by atoms with Gasteiger partial charge in [-0.3, -0.25) is 4.79 Å². The molecule has 4 heteroatoms. The maximum absolute atomic E-state index is 10.6. The molecule has 1 aromatic heterocycles. The molecule has 0 amide bonds. The molecule has 0 fully saturated rings. The van der Waals surface area contributed by atoms with Crippen molar-refractivity contribution in [3.05, 3.63) is 11.1 Å². The average molecular weight is 240 g/mol. The predicted octanol–water partition coefficient (Wildman–Crippen LogP) is 3.07. The second kappa shape index (κ2) is 5.99. The van der Waals surface area contributed by atoms with E-state index in [0.717, 1.165) is 24.5 Å². The number of aromatic nitrogens is 1. The third-order valence-corrected chi connectivity index (χ3v) is 3.05. The van der Waals surface area contributed by atoms with E-state index in [-0.39, 0.29) is 0 Å². The van der Waals surface area contributed by atoms with Gasteiger partial charge in [0.15, 0.2) is 11.4 Å². The van der Waals surface area contributed by atoms with Crippen molar-refractivity contribution in [2.24, 2.45) is 11.8 Å². The van der Waals surface area contributed by atoms with Crippen LogP contribution in [0.3, 0.4) is 0 Å². The molecule has 0 N–H and O–H groups in total. The summed E-state index contributed by atoms with van der Waals surface area (Å²) < 4.78 is 0. The lowest BCUT2D eigenvalue weighted by atomic mass is 10.1. The van der Waals surface area contributed by atoms with Crippen LogP contribution in [-0.4, -0.2) is 24.4 Å². The zero-order valence-corrected chi connectivity index (χ0v) is 11.3. The van der Waals surface area contributed by atoms with Crippen LogP contribution in [0, 0.1) is 11.8 Å². The lowest BCUT2D eigenvalue weighted by Gasteiger charge is -2.25. The van der Waals surface area contributed by atoms with Crippen molar-refractivity contribution in [1.29, 1.82) is 0 Å². The van der Waals surface area contributed by atoms with E-state index in [0.29, 0.717) is 16.7 Å². The Hall–Kier alpha value is -0.900. The molecule has 0 aromatic carbocycles. The highest BCUT2D eigenvalue weighted by molar-refractivity contribution is 7.17. The number of hydrogen-bond acceptors (Lipinski definition) is 4. The molecule has 1 aromatic rings. The Balaban J connectivity index is 2.77. The Morgan fingerprint density at radius 3 is 2.25 bits per heavy atom. The fraction of sp³-hybridized carbons (Fsp3) is 0.667. The van der Waals surface area contributed by atoms with Crippen LogP contribution in [0.15, 0.2) is 6.20 Å². The summed E-state index contributed by atoms with van der Waals surface area (Å²) in [5, 5.41) is 0.963. The van der Waals surface area contributed by atoms with Crippen molar-refractivity contribution in [2.75, 3.05) is 18.0 Å². The molecule has 0 radical (unpaired) electrons. The molecule has 0 spiro atoms. The number of rotatable bonds is 6. The van der Waals surface area contributed by atoms with E-state index in [9.17, 15) is 4.79 Å². The lowest BCUT2D eigenvalue weighted by molar-refractivity contribution is 0.112. The fourth-order valence-electron chi connectivity index (χ4n) is 1.59. The molecule has 1 rings (SSSR count). The minimum absolute atomic E-state index is 0.599. The first-order valence-electron chi connectivity index (χ1n) is 5.69. The number of aldehydes is 1. The van der Waals surface area contributed by atoms with Gasteiger partial charge in [-0.05, 0) is 11.8 Å². The van der Waals surface area contributed by atoms with Crippen LogP contribution in [-0.2, 0) is 0 Å². The molecule has 0 atom stereocenters. The molecule has 0 aliphatic rings. The number of hydrogen-bond donors (Lipinski definition) is 0. The van der Waals surface area contributed by atoms with Crippen LogP contribution in [0.4, 0.5) is 5.13 Å². The van der Waals surface area contributed by atoms with Gasteiger partial charge in [0.2, 0.25) is 0 Å². The van der Waals surface area contributed by atoms with E-state index in [1.54, 1.807) is 6.20 Å². The van der Waals surface area contributed by atoms with E-state index in [1.807, 2.05) is 0 Å². The second-order valence-corrected chi connectivity index (χ2v) is 5.90. The lowest BCUT2D eigenvalue weighted by Crippen LogP contribution is -2.31. The number of carbonyl (C=O) groups is 1. The summed E-state index contributed by atoms with van der Waals surface area (Å²) in [5.74, 6) is 1.20. The molecule has 0 aliphatic carbocycles. The normalized spacial score (nSPS) is 11.1. The van der Waals surface area contributed by atoms with Crippen LogP contribution >= 0.6 is 11.3 Å². The van der Waals surface area contributed by atoms with Crippen LogP contribution in [0.25, 0.3) is 0 Å². The van der Waals surface area contributed by atoms with Gasteiger partial charge in [0.1, 0.15) is 0 Å². The summed E-state index contributed by atoms with van der Waals surface area (Å²) in [7, 11) is 0. The Bertz CT molecular complexity index is 324. The van der Waals surface area contributed by atoms with E-state index in [4.69, 9.17) is 0 Å². The second-order valence-electron chi connectivity index (χ2n) is 4.86. The van der Waals surface area contributed by atoms with Gasteiger partial charge in [-0.25, -0.2) is 4.98 Å². The highest BCUT2D eigenvalue weighted by atomic mass is 32.1. The standard InChI is InChI=1S/C12H20N2OS/c1-9(2)6-14(7-10(3)4)12-13-5-11(8-15)16-12/h5,8-10H,6-7H2,1-4H3. The van der Waals surface area contributed by atoms with Gasteiger partial charge < -0.3 is 4.90 Å². The van der Waals surface area contributed by atoms with E-state index in [1.165, 1.54) is 11.3 Å². The molecule has 0 bridgehead atoms. The first-order chi connectivity index (χ1) is 7.52. The van der Waals surface area contributed by atoms with Crippen molar-refractivity contribution in [2.45, 2.75) is 27.7 Å². The number of anilines is 1. The fourth-order valence-corrected chi connectivity index (χ4v) is 2.34. The van der Waals surface area contributed by atoms with Crippen molar-refractivity contribution >= 4 is 22.8 Å². The van der Waals surface area contributed by atoms with Crippen LogP contribution in [0.2, 0.25) is 0 Å². The predicted molar refractivity (Wildman–Crippen MR) is 69.4 cm³/mol. The minimum atomic E-state index is 0.599. The minimum Gasteiger partial charge on any atom is -0.348 e. The third kappa shape index (κ3) is 3.93. The Morgan fingerprint density at radius 2 is 1.88 bits per heavy atom. The van der Waals surface area contributed by atoms with Crippen molar-refractivity contribution in [3.63, 3.8) is 0 Å². The first-order valence-corrected chi connectivity index (χ1v) is 6.50. The Morgan fingerprint density at radius 1 is 1.31 bits per heavy atom. The molecular formula is C12H20N2OS. The van der Waals surface area contributed by atoms with Crippen molar-refractivity contribution in [1.82, 2.24) is 4.98 Å². The summed E-state index contributed by atoms with van der Waals surface area (Å²) in [6.07, 6.45) is 2.52. The average Bonchev–Trinajstić information content (AvgIpc) is 2.63. The Kier molecular flexibility index (Phi) is 4.93. The van der Waals surface area contributed by atoms with Gasteiger partial charge in [-0.2, -0.15) is 0 Å². The summed E-state index contributed by atoms with van der Waals surface area (Å²) >= 11 is 1.47. The molecule has 0 saturated carbocycles. The van der Waals surface area contributed by atoms with Crippen molar-refractivity contribution < 1.29 is 4.79 Å². The third-order valence-electron chi connectivity index (χ3n) is 2.07. The number of carbonyl (C=O) groups excluding carboxylic acids is 1.